The summed E-state index contributed by atoms with van der Waals surface area (Å²) >= 11 is 0. The summed E-state index contributed by atoms with van der Waals surface area (Å²) in [5.74, 6) is 0.617. The number of carbonyl (C=O) groups excluding carboxylic acids is 1. The van der Waals surface area contributed by atoms with Crippen LogP contribution in [0.2, 0.25) is 0 Å². The minimum Gasteiger partial charge on any atom is -0.423 e. The molecular formula is C25H27NO2. The molecule has 0 amide bonds. The van der Waals surface area contributed by atoms with Crippen molar-refractivity contribution in [2.24, 2.45) is 0 Å². The van der Waals surface area contributed by atoms with E-state index in [0.717, 1.165) is 28.1 Å². The molecule has 0 bridgehead atoms. The van der Waals surface area contributed by atoms with Crippen molar-refractivity contribution in [3.8, 4) is 5.75 Å². The van der Waals surface area contributed by atoms with Crippen molar-refractivity contribution >= 4 is 17.3 Å². The minimum absolute atomic E-state index is 0.364. The zero-order valence-electron chi connectivity index (χ0n) is 17.2. The second-order valence-corrected chi connectivity index (χ2v) is 7.49. The molecule has 0 atom stereocenters. The van der Waals surface area contributed by atoms with Crippen LogP contribution in [0.3, 0.4) is 0 Å². The monoisotopic (exact) mass is 373 g/mol. The van der Waals surface area contributed by atoms with Gasteiger partial charge in [-0.05, 0) is 73.2 Å². The SMILES string of the molecule is Cc1ccc(C(C)C)cc1OC(=O)c1ccccc1Nc1cccc(C)c1C. The average Bonchev–Trinajstić information content (AvgIpc) is 2.67. The molecule has 0 aliphatic rings. The van der Waals surface area contributed by atoms with Gasteiger partial charge in [0.1, 0.15) is 5.75 Å². The van der Waals surface area contributed by atoms with Gasteiger partial charge in [-0.1, -0.05) is 50.2 Å². The van der Waals surface area contributed by atoms with E-state index >= 15 is 0 Å². The van der Waals surface area contributed by atoms with Crippen LogP contribution in [0, 0.1) is 20.8 Å². The zero-order chi connectivity index (χ0) is 20.3. The topological polar surface area (TPSA) is 38.3 Å². The molecule has 3 aromatic rings. The summed E-state index contributed by atoms with van der Waals surface area (Å²) in [5, 5.41) is 3.39. The minimum atomic E-state index is -0.364. The quantitative estimate of drug-likeness (QED) is 0.399. The summed E-state index contributed by atoms with van der Waals surface area (Å²) in [4.78, 5) is 12.9. The number of carbonyl (C=O) groups is 1. The lowest BCUT2D eigenvalue weighted by Gasteiger charge is -2.16. The Morgan fingerprint density at radius 2 is 1.57 bits per heavy atom. The molecule has 0 saturated heterocycles. The number of benzene rings is 3. The Kier molecular flexibility index (Phi) is 5.84. The molecule has 0 fully saturated rings. The van der Waals surface area contributed by atoms with Gasteiger partial charge in [-0.3, -0.25) is 0 Å². The highest BCUT2D eigenvalue weighted by Gasteiger charge is 2.16. The fourth-order valence-electron chi connectivity index (χ4n) is 3.04. The van der Waals surface area contributed by atoms with Crippen molar-refractivity contribution in [2.75, 3.05) is 5.32 Å². The third-order valence-electron chi connectivity index (χ3n) is 5.10. The predicted molar refractivity (Wildman–Crippen MR) is 116 cm³/mol. The van der Waals surface area contributed by atoms with Crippen LogP contribution in [0.25, 0.3) is 0 Å². The predicted octanol–water partition coefficient (Wildman–Crippen LogP) is 6.70. The Hall–Kier alpha value is -3.07. The van der Waals surface area contributed by atoms with Gasteiger partial charge in [-0.15, -0.1) is 0 Å². The van der Waals surface area contributed by atoms with Gasteiger partial charge in [0, 0.05) is 5.69 Å². The lowest BCUT2D eigenvalue weighted by molar-refractivity contribution is 0.0734. The van der Waals surface area contributed by atoms with Crippen LogP contribution >= 0.6 is 0 Å². The van der Waals surface area contributed by atoms with Gasteiger partial charge in [0.2, 0.25) is 0 Å². The number of hydrogen-bond donors (Lipinski definition) is 1. The van der Waals surface area contributed by atoms with Crippen molar-refractivity contribution in [3.63, 3.8) is 0 Å². The Bertz CT molecular complexity index is 1010. The number of para-hydroxylation sites is 1. The van der Waals surface area contributed by atoms with Gasteiger partial charge in [0.05, 0.1) is 11.3 Å². The van der Waals surface area contributed by atoms with E-state index < -0.39 is 0 Å². The van der Waals surface area contributed by atoms with Crippen LogP contribution in [0.4, 0.5) is 11.4 Å². The van der Waals surface area contributed by atoms with E-state index in [1.54, 1.807) is 6.07 Å². The van der Waals surface area contributed by atoms with Crippen LogP contribution < -0.4 is 10.1 Å². The molecule has 1 N–H and O–H groups in total. The highest BCUT2D eigenvalue weighted by Crippen LogP contribution is 2.28. The van der Waals surface area contributed by atoms with E-state index in [1.807, 2.05) is 49.4 Å². The Labute approximate surface area is 167 Å². The first kappa shape index (κ1) is 19.7. The van der Waals surface area contributed by atoms with Gasteiger partial charge in [-0.25, -0.2) is 4.79 Å². The third kappa shape index (κ3) is 4.25. The van der Waals surface area contributed by atoms with Crippen LogP contribution in [-0.4, -0.2) is 5.97 Å². The number of rotatable bonds is 5. The van der Waals surface area contributed by atoms with E-state index in [1.165, 1.54) is 5.56 Å². The zero-order valence-corrected chi connectivity index (χ0v) is 17.2. The standard InChI is InChI=1S/C25H27NO2/c1-16(2)20-14-13-18(4)24(15-20)28-25(27)21-10-6-7-11-23(21)26-22-12-8-9-17(3)19(22)5/h6-16,26H,1-5H3. The summed E-state index contributed by atoms with van der Waals surface area (Å²) in [6, 6.07) is 19.6. The van der Waals surface area contributed by atoms with Crippen LogP contribution in [-0.2, 0) is 0 Å². The molecule has 0 radical (unpaired) electrons. The van der Waals surface area contributed by atoms with Crippen molar-refractivity contribution in [1.29, 1.82) is 0 Å². The summed E-state index contributed by atoms with van der Waals surface area (Å²) in [5.41, 5.74) is 6.68. The van der Waals surface area contributed by atoms with Gasteiger partial charge < -0.3 is 10.1 Å². The molecule has 28 heavy (non-hydrogen) atoms. The molecule has 3 heteroatoms. The molecule has 0 saturated carbocycles. The highest BCUT2D eigenvalue weighted by molar-refractivity contribution is 5.98. The van der Waals surface area contributed by atoms with E-state index in [-0.39, 0.29) is 5.97 Å². The van der Waals surface area contributed by atoms with Crippen LogP contribution in [0.1, 0.15) is 52.4 Å². The first-order valence-electron chi connectivity index (χ1n) is 9.62. The smallest absolute Gasteiger partial charge is 0.345 e. The summed E-state index contributed by atoms with van der Waals surface area (Å²) < 4.78 is 5.78. The van der Waals surface area contributed by atoms with Crippen LogP contribution in [0.5, 0.6) is 5.75 Å². The molecule has 0 aliphatic carbocycles. The van der Waals surface area contributed by atoms with Crippen molar-refractivity contribution in [1.82, 2.24) is 0 Å². The number of anilines is 2. The van der Waals surface area contributed by atoms with Gasteiger partial charge >= 0.3 is 5.97 Å². The average molecular weight is 373 g/mol. The molecule has 0 aromatic heterocycles. The number of hydrogen-bond acceptors (Lipinski definition) is 3. The van der Waals surface area contributed by atoms with Gasteiger partial charge in [0.25, 0.3) is 0 Å². The van der Waals surface area contributed by atoms with Gasteiger partial charge in [-0.2, -0.15) is 0 Å². The largest absolute Gasteiger partial charge is 0.423 e. The van der Waals surface area contributed by atoms with Crippen molar-refractivity contribution in [3.05, 3.63) is 88.5 Å². The molecule has 144 valence electrons. The molecule has 3 aromatic carbocycles. The van der Waals surface area contributed by atoms with E-state index in [4.69, 9.17) is 4.74 Å². The Morgan fingerprint density at radius 3 is 2.32 bits per heavy atom. The fourth-order valence-corrected chi connectivity index (χ4v) is 3.04. The number of ether oxygens (including phenoxy) is 1. The second-order valence-electron chi connectivity index (χ2n) is 7.49. The lowest BCUT2D eigenvalue weighted by atomic mass is 10.0. The molecule has 0 spiro atoms. The van der Waals surface area contributed by atoms with Crippen molar-refractivity contribution in [2.45, 2.75) is 40.5 Å². The highest BCUT2D eigenvalue weighted by atomic mass is 16.5. The number of aryl methyl sites for hydroxylation is 2. The molecule has 0 unspecified atom stereocenters. The van der Waals surface area contributed by atoms with E-state index in [0.29, 0.717) is 17.2 Å². The Morgan fingerprint density at radius 1 is 0.857 bits per heavy atom. The van der Waals surface area contributed by atoms with Crippen LogP contribution in [0.15, 0.2) is 60.7 Å². The number of nitrogens with one attached hydrogen (secondary N) is 1. The van der Waals surface area contributed by atoms with E-state index in [2.05, 4.69) is 45.1 Å². The molecule has 0 aliphatic heterocycles. The maximum Gasteiger partial charge on any atom is 0.345 e. The summed E-state index contributed by atoms with van der Waals surface area (Å²) in [6.07, 6.45) is 0. The van der Waals surface area contributed by atoms with Crippen molar-refractivity contribution < 1.29 is 9.53 Å². The normalized spacial score (nSPS) is 10.8. The maximum atomic E-state index is 12.9. The molecule has 3 rings (SSSR count). The van der Waals surface area contributed by atoms with Gasteiger partial charge in [0.15, 0.2) is 0 Å². The molecular weight excluding hydrogens is 346 g/mol. The summed E-state index contributed by atoms with van der Waals surface area (Å²) in [6.45, 7) is 10.3. The molecule has 3 nitrogen and oxygen atoms in total. The second kappa shape index (κ2) is 8.30. The first-order chi connectivity index (χ1) is 13.4. The fraction of sp³-hybridized carbons (Fsp3) is 0.240. The summed E-state index contributed by atoms with van der Waals surface area (Å²) in [7, 11) is 0. The maximum absolute atomic E-state index is 12.9. The molecule has 0 heterocycles. The first-order valence-corrected chi connectivity index (χ1v) is 9.62. The third-order valence-corrected chi connectivity index (χ3v) is 5.10. The lowest BCUT2D eigenvalue weighted by Crippen LogP contribution is -2.12. The Balaban J connectivity index is 1.90. The van der Waals surface area contributed by atoms with E-state index in [9.17, 15) is 4.79 Å². The number of esters is 1.